The number of rotatable bonds is 3. The van der Waals surface area contributed by atoms with Gasteiger partial charge in [0.1, 0.15) is 12.4 Å². The summed E-state index contributed by atoms with van der Waals surface area (Å²) in [5.41, 5.74) is 3.39. The molecule has 2 aromatic rings. The molecule has 2 rings (SSSR count). The number of hydrogen-bond donors (Lipinski definition) is 1. The predicted octanol–water partition coefficient (Wildman–Crippen LogP) is 2.02. The molecule has 0 aliphatic carbocycles. The van der Waals surface area contributed by atoms with Gasteiger partial charge in [-0.1, -0.05) is 18.2 Å². The largest absolute Gasteiger partial charge is 0.760 e. The van der Waals surface area contributed by atoms with E-state index in [-0.39, 0.29) is 0 Å². The van der Waals surface area contributed by atoms with E-state index in [0.717, 1.165) is 11.4 Å². The van der Waals surface area contributed by atoms with Crippen LogP contribution in [0.2, 0.25) is 0 Å². The van der Waals surface area contributed by atoms with E-state index in [9.17, 15) is 0 Å². The lowest BCUT2D eigenvalue weighted by Crippen LogP contribution is -1.99. The molecule has 0 amide bonds. The van der Waals surface area contributed by atoms with Crippen LogP contribution < -0.4 is 9.88 Å². The molecule has 108 valence electrons. The zero-order valence-corrected chi connectivity index (χ0v) is 12.2. The second kappa shape index (κ2) is 8.42. The van der Waals surface area contributed by atoms with Crippen molar-refractivity contribution in [2.75, 3.05) is 0 Å². The Bertz CT molecular complexity index is 558. The van der Waals surface area contributed by atoms with Crippen LogP contribution in [-0.2, 0) is 17.9 Å². The molecule has 1 atom stereocenters. The summed E-state index contributed by atoms with van der Waals surface area (Å²) >= 11 is -2.36. The Hall–Kier alpha value is -1.76. The molecule has 0 spiro atoms. The highest BCUT2D eigenvalue weighted by Gasteiger charge is 2.02. The van der Waals surface area contributed by atoms with Crippen molar-refractivity contribution in [2.45, 2.75) is 20.5 Å². The summed E-state index contributed by atoms with van der Waals surface area (Å²) in [4.78, 5) is 4.22. The summed E-state index contributed by atoms with van der Waals surface area (Å²) in [5, 5.41) is 4.03. The molecule has 2 N–H and O–H groups in total. The molecule has 1 unspecified atom stereocenters. The number of benzene rings is 1. The Balaban J connectivity index is 0.000000444. The van der Waals surface area contributed by atoms with E-state index < -0.39 is 11.3 Å². The van der Waals surface area contributed by atoms with Gasteiger partial charge in [0.15, 0.2) is 0 Å². The minimum absolute atomic E-state index is 0.519. The molecule has 0 aliphatic heterocycles. The van der Waals surface area contributed by atoms with Crippen molar-refractivity contribution in [3.05, 3.63) is 59.4 Å². The summed E-state index contributed by atoms with van der Waals surface area (Å²) < 4.78 is 23.3. The van der Waals surface area contributed by atoms with E-state index in [2.05, 4.69) is 30.0 Å². The second-order valence-corrected chi connectivity index (χ2v) is 4.59. The maximum Gasteiger partial charge on any atom is 0.130 e. The van der Waals surface area contributed by atoms with E-state index in [4.69, 9.17) is 13.5 Å². The van der Waals surface area contributed by atoms with E-state index in [0.29, 0.717) is 6.61 Å². The minimum Gasteiger partial charge on any atom is -0.760 e. The first kappa shape index (κ1) is 16.3. The standard InChI is InChI=1S/C14H15NO.H3NO2S/c1-11-6-5-8-14(12(11)2)16-10-13-7-3-4-9-15-13;1-4(2)3/h3-9H,10H2,1-2H3;1H2,(H,2,3)/p-1. The Morgan fingerprint density at radius 1 is 1.25 bits per heavy atom. The molecule has 0 bridgehead atoms. The lowest BCUT2D eigenvalue weighted by Gasteiger charge is -2.10. The van der Waals surface area contributed by atoms with Crippen LogP contribution in [0.15, 0.2) is 42.6 Å². The number of nitrogens with zero attached hydrogens (tertiary/aromatic N) is 1. The number of hydrogen-bond acceptors (Lipinski definition) is 4. The maximum absolute atomic E-state index is 8.78. The van der Waals surface area contributed by atoms with Crippen molar-refractivity contribution in [3.63, 3.8) is 0 Å². The Kier molecular flexibility index (Phi) is 6.86. The quantitative estimate of drug-likeness (QED) is 0.877. The third-order valence-corrected chi connectivity index (χ3v) is 2.66. The van der Waals surface area contributed by atoms with Crippen LogP contribution in [-0.4, -0.2) is 13.7 Å². The fourth-order valence-electron chi connectivity index (χ4n) is 1.52. The van der Waals surface area contributed by atoms with Gasteiger partial charge >= 0.3 is 0 Å². The normalized spacial score (nSPS) is 11.2. The number of aryl methyl sites for hydroxylation is 1. The van der Waals surface area contributed by atoms with Gasteiger partial charge in [-0.25, -0.2) is 0 Å². The first-order valence-electron chi connectivity index (χ1n) is 5.93. The van der Waals surface area contributed by atoms with Crippen LogP contribution >= 0.6 is 0 Å². The molecule has 0 aliphatic rings. The molecule has 0 fully saturated rings. The fraction of sp³-hybridized carbons (Fsp3) is 0.214. The Morgan fingerprint density at radius 3 is 2.55 bits per heavy atom. The molecule has 5 nitrogen and oxygen atoms in total. The molecule has 1 aromatic heterocycles. The van der Waals surface area contributed by atoms with E-state index in [1.54, 1.807) is 6.20 Å². The van der Waals surface area contributed by atoms with Crippen molar-refractivity contribution >= 4 is 11.3 Å². The monoisotopic (exact) mass is 293 g/mol. The molecule has 1 aromatic carbocycles. The smallest absolute Gasteiger partial charge is 0.130 e. The van der Waals surface area contributed by atoms with Gasteiger partial charge in [0.2, 0.25) is 0 Å². The van der Waals surface area contributed by atoms with Gasteiger partial charge in [-0.05, 0) is 43.2 Å². The van der Waals surface area contributed by atoms with Crippen molar-refractivity contribution < 1.29 is 13.5 Å². The molecular weight excluding hydrogens is 276 g/mol. The van der Waals surface area contributed by atoms with Crippen molar-refractivity contribution in [1.29, 1.82) is 0 Å². The number of nitrogens with two attached hydrogens (primary N) is 1. The molecule has 0 saturated carbocycles. The maximum atomic E-state index is 8.78. The highest BCUT2D eigenvalue weighted by Crippen LogP contribution is 2.21. The van der Waals surface area contributed by atoms with Gasteiger partial charge in [-0.15, -0.1) is 0 Å². The first-order chi connectivity index (χ1) is 9.50. The second-order valence-electron chi connectivity index (χ2n) is 4.07. The summed E-state index contributed by atoms with van der Waals surface area (Å²) in [6.07, 6.45) is 1.78. The summed E-state index contributed by atoms with van der Waals surface area (Å²) in [6.45, 7) is 4.68. The summed E-state index contributed by atoms with van der Waals surface area (Å²) in [7, 11) is 0. The predicted molar refractivity (Wildman–Crippen MR) is 77.6 cm³/mol. The number of ether oxygens (including phenoxy) is 1. The summed E-state index contributed by atoms with van der Waals surface area (Å²) in [6, 6.07) is 11.9. The van der Waals surface area contributed by atoms with Crippen molar-refractivity contribution in [1.82, 2.24) is 4.98 Å². The van der Waals surface area contributed by atoms with E-state index in [1.807, 2.05) is 30.3 Å². The van der Waals surface area contributed by atoms with Crippen LogP contribution in [0.3, 0.4) is 0 Å². The Labute approximate surface area is 121 Å². The average Bonchev–Trinajstić information content (AvgIpc) is 2.41. The van der Waals surface area contributed by atoms with Crippen molar-refractivity contribution in [2.24, 2.45) is 5.14 Å². The third-order valence-electron chi connectivity index (χ3n) is 2.66. The third kappa shape index (κ3) is 5.92. The van der Waals surface area contributed by atoms with Crippen LogP contribution in [0.5, 0.6) is 5.75 Å². The lowest BCUT2D eigenvalue weighted by molar-refractivity contribution is 0.299. The molecule has 0 radical (unpaired) electrons. The van der Waals surface area contributed by atoms with Gasteiger partial charge in [0.25, 0.3) is 0 Å². The van der Waals surface area contributed by atoms with E-state index >= 15 is 0 Å². The van der Waals surface area contributed by atoms with Crippen LogP contribution in [0.25, 0.3) is 0 Å². The topological polar surface area (TPSA) is 88.3 Å². The molecule has 1 heterocycles. The lowest BCUT2D eigenvalue weighted by atomic mass is 10.1. The minimum atomic E-state index is -2.36. The zero-order valence-electron chi connectivity index (χ0n) is 11.4. The number of aromatic nitrogens is 1. The highest BCUT2D eigenvalue weighted by atomic mass is 32.2. The molecule has 0 saturated heterocycles. The summed E-state index contributed by atoms with van der Waals surface area (Å²) in [5.74, 6) is 0.936. The highest BCUT2D eigenvalue weighted by molar-refractivity contribution is 7.76. The van der Waals surface area contributed by atoms with Gasteiger partial charge in [-0.3, -0.25) is 14.3 Å². The average molecular weight is 293 g/mol. The van der Waals surface area contributed by atoms with Crippen molar-refractivity contribution in [3.8, 4) is 5.75 Å². The van der Waals surface area contributed by atoms with Crippen LogP contribution in [0, 0.1) is 13.8 Å². The van der Waals surface area contributed by atoms with Gasteiger partial charge in [0.05, 0.1) is 5.69 Å². The fourth-order valence-corrected chi connectivity index (χ4v) is 1.52. The SMILES string of the molecule is Cc1cccc(OCc2ccccn2)c1C.NS(=O)[O-]. The van der Waals surface area contributed by atoms with Crippen LogP contribution in [0.4, 0.5) is 0 Å². The molecular formula is C14H17N2O3S-. The number of pyridine rings is 1. The van der Waals surface area contributed by atoms with Gasteiger partial charge < -0.3 is 9.29 Å². The zero-order chi connectivity index (χ0) is 15.0. The molecule has 20 heavy (non-hydrogen) atoms. The Morgan fingerprint density at radius 2 is 1.95 bits per heavy atom. The van der Waals surface area contributed by atoms with E-state index in [1.165, 1.54) is 11.1 Å². The van der Waals surface area contributed by atoms with Gasteiger partial charge in [-0.2, -0.15) is 0 Å². The van der Waals surface area contributed by atoms with Crippen LogP contribution in [0.1, 0.15) is 16.8 Å². The molecule has 6 heteroatoms. The van der Waals surface area contributed by atoms with Gasteiger partial charge in [0, 0.05) is 17.5 Å². The first-order valence-corrected chi connectivity index (χ1v) is 7.07.